The van der Waals surface area contributed by atoms with E-state index < -0.39 is 0 Å². The summed E-state index contributed by atoms with van der Waals surface area (Å²) < 4.78 is 1.86. The molecule has 0 saturated carbocycles. The molecule has 1 rings (SSSR count). The van der Waals surface area contributed by atoms with Crippen molar-refractivity contribution in [1.82, 2.24) is 9.78 Å². The average molecular weight is 300 g/mol. The SMILES string of the molecule is CCCCCCCCCC(N)Cc1c(Cl)c(C)nn1C. The zero-order valence-electron chi connectivity index (χ0n) is 13.3. The topological polar surface area (TPSA) is 43.8 Å². The summed E-state index contributed by atoms with van der Waals surface area (Å²) in [5.41, 5.74) is 8.18. The Balaban J connectivity index is 2.19. The molecule has 0 amide bonds. The Hall–Kier alpha value is -0.540. The van der Waals surface area contributed by atoms with Crippen LogP contribution in [0, 0.1) is 6.92 Å². The van der Waals surface area contributed by atoms with Crippen LogP contribution >= 0.6 is 11.6 Å². The normalized spacial score (nSPS) is 12.8. The highest BCUT2D eigenvalue weighted by Gasteiger charge is 2.14. The summed E-state index contributed by atoms with van der Waals surface area (Å²) in [6.45, 7) is 4.19. The van der Waals surface area contributed by atoms with Crippen molar-refractivity contribution in [2.45, 2.75) is 77.7 Å². The molecule has 1 aromatic rings. The Morgan fingerprint density at radius 2 is 1.75 bits per heavy atom. The second-order valence-corrected chi connectivity index (χ2v) is 6.22. The van der Waals surface area contributed by atoms with Crippen molar-refractivity contribution < 1.29 is 0 Å². The number of rotatable bonds is 10. The number of nitrogens with zero attached hydrogens (tertiary/aromatic N) is 2. The van der Waals surface area contributed by atoms with Crippen LogP contribution in [0.4, 0.5) is 0 Å². The van der Waals surface area contributed by atoms with Crippen molar-refractivity contribution in [2.75, 3.05) is 0 Å². The summed E-state index contributed by atoms with van der Waals surface area (Å²) in [6, 6.07) is 0.193. The minimum Gasteiger partial charge on any atom is -0.327 e. The van der Waals surface area contributed by atoms with Gasteiger partial charge in [-0.25, -0.2) is 0 Å². The number of aryl methyl sites for hydroxylation is 2. The van der Waals surface area contributed by atoms with E-state index >= 15 is 0 Å². The molecule has 0 fully saturated rings. The summed E-state index contributed by atoms with van der Waals surface area (Å²) in [5.74, 6) is 0. The fraction of sp³-hybridized carbons (Fsp3) is 0.812. The van der Waals surface area contributed by atoms with E-state index in [1.165, 1.54) is 44.9 Å². The fourth-order valence-electron chi connectivity index (χ4n) is 2.62. The lowest BCUT2D eigenvalue weighted by Gasteiger charge is -2.12. The molecule has 0 bridgehead atoms. The molecule has 0 aliphatic rings. The van der Waals surface area contributed by atoms with Crippen molar-refractivity contribution in [1.29, 1.82) is 0 Å². The molecule has 1 aromatic heterocycles. The first kappa shape index (κ1) is 17.5. The number of aromatic nitrogens is 2. The van der Waals surface area contributed by atoms with Gasteiger partial charge in [-0.05, 0) is 13.3 Å². The van der Waals surface area contributed by atoms with Crippen molar-refractivity contribution in [2.24, 2.45) is 12.8 Å². The minimum atomic E-state index is 0.193. The summed E-state index contributed by atoms with van der Waals surface area (Å²) in [5, 5.41) is 5.11. The third-order valence-electron chi connectivity index (χ3n) is 3.90. The predicted molar refractivity (Wildman–Crippen MR) is 87.2 cm³/mol. The van der Waals surface area contributed by atoms with Crippen molar-refractivity contribution in [3.8, 4) is 0 Å². The molecule has 0 aliphatic heterocycles. The minimum absolute atomic E-state index is 0.193. The van der Waals surface area contributed by atoms with Gasteiger partial charge in [-0.2, -0.15) is 5.10 Å². The molecule has 4 heteroatoms. The van der Waals surface area contributed by atoms with Gasteiger partial charge in [-0.15, -0.1) is 0 Å². The maximum absolute atomic E-state index is 6.25. The maximum Gasteiger partial charge on any atom is 0.0847 e. The van der Waals surface area contributed by atoms with Crippen LogP contribution in [0.2, 0.25) is 5.02 Å². The molecule has 0 aromatic carbocycles. The molecular weight excluding hydrogens is 270 g/mol. The Morgan fingerprint density at radius 3 is 2.30 bits per heavy atom. The monoisotopic (exact) mass is 299 g/mol. The molecule has 0 radical (unpaired) electrons. The standard InChI is InChI=1S/C16H30ClN3/c1-4-5-6-7-8-9-10-11-14(18)12-15-16(17)13(2)19-20(15)3/h14H,4-12,18H2,1-3H3. The van der Waals surface area contributed by atoms with Gasteiger partial charge in [0, 0.05) is 19.5 Å². The van der Waals surface area contributed by atoms with E-state index in [1.54, 1.807) is 0 Å². The number of hydrogen-bond acceptors (Lipinski definition) is 2. The quantitative estimate of drug-likeness (QED) is 0.651. The zero-order chi connectivity index (χ0) is 15.0. The molecule has 116 valence electrons. The van der Waals surface area contributed by atoms with Gasteiger partial charge in [-0.1, -0.05) is 63.5 Å². The van der Waals surface area contributed by atoms with Gasteiger partial charge in [0.2, 0.25) is 0 Å². The molecule has 0 aliphatic carbocycles. The number of hydrogen-bond donors (Lipinski definition) is 1. The van der Waals surface area contributed by atoms with Gasteiger partial charge >= 0.3 is 0 Å². The Kier molecular flexibility index (Phi) is 8.24. The van der Waals surface area contributed by atoms with Crippen LogP contribution in [-0.2, 0) is 13.5 Å². The third kappa shape index (κ3) is 5.84. The van der Waals surface area contributed by atoms with Crippen molar-refractivity contribution in [3.63, 3.8) is 0 Å². The molecule has 1 atom stereocenters. The van der Waals surface area contributed by atoms with Crippen LogP contribution in [0.3, 0.4) is 0 Å². The smallest absolute Gasteiger partial charge is 0.0847 e. The van der Waals surface area contributed by atoms with E-state index in [9.17, 15) is 0 Å². The summed E-state index contributed by atoms with van der Waals surface area (Å²) in [4.78, 5) is 0. The lowest BCUT2D eigenvalue weighted by molar-refractivity contribution is 0.518. The molecule has 0 saturated heterocycles. The van der Waals surface area contributed by atoms with Gasteiger partial charge in [0.15, 0.2) is 0 Å². The lowest BCUT2D eigenvalue weighted by Crippen LogP contribution is -2.24. The molecule has 0 spiro atoms. The van der Waals surface area contributed by atoms with E-state index in [-0.39, 0.29) is 6.04 Å². The molecule has 20 heavy (non-hydrogen) atoms. The molecular formula is C16H30ClN3. The first-order valence-electron chi connectivity index (χ1n) is 7.99. The van der Waals surface area contributed by atoms with Gasteiger partial charge in [-0.3, -0.25) is 4.68 Å². The highest BCUT2D eigenvalue weighted by atomic mass is 35.5. The summed E-state index contributed by atoms with van der Waals surface area (Å²) >= 11 is 6.25. The van der Waals surface area contributed by atoms with Crippen LogP contribution in [0.25, 0.3) is 0 Å². The summed E-state index contributed by atoms with van der Waals surface area (Å²) in [6.07, 6.45) is 11.2. The van der Waals surface area contributed by atoms with Crippen molar-refractivity contribution >= 4 is 11.6 Å². The Morgan fingerprint density at radius 1 is 1.15 bits per heavy atom. The van der Waals surface area contributed by atoms with E-state index in [4.69, 9.17) is 17.3 Å². The first-order valence-corrected chi connectivity index (χ1v) is 8.37. The Labute approximate surface area is 128 Å². The van der Waals surface area contributed by atoms with Gasteiger partial charge in [0.25, 0.3) is 0 Å². The highest BCUT2D eigenvalue weighted by molar-refractivity contribution is 6.31. The van der Waals surface area contributed by atoms with E-state index in [1.807, 2.05) is 18.7 Å². The van der Waals surface area contributed by atoms with Crippen LogP contribution in [-0.4, -0.2) is 15.8 Å². The largest absolute Gasteiger partial charge is 0.327 e. The molecule has 1 unspecified atom stereocenters. The van der Waals surface area contributed by atoms with E-state index in [0.29, 0.717) is 0 Å². The third-order valence-corrected chi connectivity index (χ3v) is 4.39. The van der Waals surface area contributed by atoms with E-state index in [0.717, 1.165) is 29.3 Å². The van der Waals surface area contributed by atoms with Crippen molar-refractivity contribution in [3.05, 3.63) is 16.4 Å². The summed E-state index contributed by atoms with van der Waals surface area (Å²) in [7, 11) is 1.94. The fourth-order valence-corrected chi connectivity index (χ4v) is 2.85. The van der Waals surface area contributed by atoms with Crippen LogP contribution in [0.1, 0.15) is 69.7 Å². The second-order valence-electron chi connectivity index (χ2n) is 5.84. The zero-order valence-corrected chi connectivity index (χ0v) is 14.0. The second kappa shape index (κ2) is 9.41. The van der Waals surface area contributed by atoms with Gasteiger partial charge in [0.05, 0.1) is 16.4 Å². The molecule has 2 N–H and O–H groups in total. The molecule has 1 heterocycles. The van der Waals surface area contributed by atoms with Crippen LogP contribution in [0.15, 0.2) is 0 Å². The maximum atomic E-state index is 6.25. The Bertz CT molecular complexity index is 387. The van der Waals surface area contributed by atoms with Gasteiger partial charge in [0.1, 0.15) is 0 Å². The van der Waals surface area contributed by atoms with Crippen LogP contribution < -0.4 is 5.73 Å². The number of unbranched alkanes of at least 4 members (excludes halogenated alkanes) is 6. The predicted octanol–water partition coefficient (Wildman–Crippen LogP) is 4.39. The first-order chi connectivity index (χ1) is 9.56. The van der Waals surface area contributed by atoms with E-state index in [2.05, 4.69) is 12.0 Å². The molecule has 3 nitrogen and oxygen atoms in total. The van der Waals surface area contributed by atoms with Crippen LogP contribution in [0.5, 0.6) is 0 Å². The number of nitrogens with two attached hydrogens (primary N) is 1. The number of halogens is 1. The average Bonchev–Trinajstić information content (AvgIpc) is 2.64. The van der Waals surface area contributed by atoms with Gasteiger partial charge < -0.3 is 5.73 Å². The highest BCUT2D eigenvalue weighted by Crippen LogP contribution is 2.21. The lowest BCUT2D eigenvalue weighted by atomic mass is 10.0.